The fourth-order valence-corrected chi connectivity index (χ4v) is 8.05. The molecule has 2 amide bonds. The summed E-state index contributed by atoms with van der Waals surface area (Å²) in [4.78, 5) is 44.7. The molecule has 8 heteroatoms. The minimum absolute atomic E-state index is 0.0193. The Morgan fingerprint density at radius 2 is 1.88 bits per heavy atom. The van der Waals surface area contributed by atoms with Crippen molar-refractivity contribution in [3.05, 3.63) is 24.3 Å². The normalized spacial score (nSPS) is 35.6. The number of rotatable bonds is 8. The third-order valence-corrected chi connectivity index (χ3v) is 9.24. The number of fused-ring (bicyclic) bond motifs is 2. The first-order valence-corrected chi connectivity index (χ1v) is 13.1. The SMILES string of the molecule is CCCCN1CC=C[C@]23S[C@@]4(C)C=CCCOC(=O)[C@H]4[C@H]2C(=O)N(CCCCCO)C3C1=O. The van der Waals surface area contributed by atoms with Crippen LogP contribution in [0.2, 0.25) is 0 Å². The molecule has 1 unspecified atom stereocenters. The zero-order valence-electron chi connectivity index (χ0n) is 19.7. The van der Waals surface area contributed by atoms with E-state index in [1.54, 1.807) is 16.7 Å². The Bertz CT molecular complexity index is 845. The number of likely N-dealkylation sites (tertiary alicyclic amines) is 1. The molecule has 1 N–H and O–H groups in total. The molecule has 7 nitrogen and oxygen atoms in total. The predicted octanol–water partition coefficient (Wildman–Crippen LogP) is 2.54. The van der Waals surface area contributed by atoms with E-state index in [2.05, 4.69) is 19.1 Å². The molecule has 2 saturated heterocycles. The molecule has 1 spiro atoms. The Morgan fingerprint density at radius 3 is 2.64 bits per heavy atom. The molecular weight excluding hydrogens is 440 g/mol. The lowest BCUT2D eigenvalue weighted by atomic mass is 9.74. The first-order valence-electron chi connectivity index (χ1n) is 12.3. The summed E-state index contributed by atoms with van der Waals surface area (Å²) < 4.78 is 4.15. The van der Waals surface area contributed by atoms with E-state index in [-0.39, 0.29) is 24.4 Å². The van der Waals surface area contributed by atoms with Gasteiger partial charge < -0.3 is 19.6 Å². The molecule has 182 valence electrons. The highest BCUT2D eigenvalue weighted by Crippen LogP contribution is 2.65. The summed E-state index contributed by atoms with van der Waals surface area (Å²) in [6, 6.07) is -0.629. The maximum atomic E-state index is 14.0. The third-order valence-electron chi connectivity index (χ3n) is 7.44. The van der Waals surface area contributed by atoms with Crippen LogP contribution < -0.4 is 0 Å². The Balaban J connectivity index is 1.76. The van der Waals surface area contributed by atoms with Gasteiger partial charge in [-0.1, -0.05) is 37.6 Å². The number of ether oxygens (including phenoxy) is 1. The Kier molecular flexibility index (Phi) is 7.24. The molecule has 0 aliphatic carbocycles. The minimum Gasteiger partial charge on any atom is -0.465 e. The van der Waals surface area contributed by atoms with Gasteiger partial charge in [-0.25, -0.2) is 0 Å². The Labute approximate surface area is 200 Å². The number of hydrogen-bond donors (Lipinski definition) is 1. The number of thioether (sulfide) groups is 1. The van der Waals surface area contributed by atoms with Gasteiger partial charge in [0.25, 0.3) is 0 Å². The molecule has 0 radical (unpaired) electrons. The molecule has 4 aliphatic heterocycles. The van der Waals surface area contributed by atoms with Crippen LogP contribution in [0.3, 0.4) is 0 Å². The van der Waals surface area contributed by atoms with Crippen LogP contribution in [0, 0.1) is 11.8 Å². The van der Waals surface area contributed by atoms with Gasteiger partial charge in [0.2, 0.25) is 11.8 Å². The van der Waals surface area contributed by atoms with Crippen LogP contribution in [0.25, 0.3) is 0 Å². The summed E-state index contributed by atoms with van der Waals surface area (Å²) >= 11 is 1.59. The molecule has 4 heterocycles. The molecule has 0 aromatic carbocycles. The molecular formula is C25H36N2O5S. The lowest BCUT2D eigenvalue weighted by molar-refractivity contribution is -0.154. The van der Waals surface area contributed by atoms with Crippen LogP contribution in [0.15, 0.2) is 24.3 Å². The number of aliphatic hydroxyl groups is 1. The van der Waals surface area contributed by atoms with Crippen molar-refractivity contribution >= 4 is 29.5 Å². The standard InChI is InChI=1S/C25H36N2O5S/c1-3-4-13-26-14-10-12-25-18(19-23(31)32-17-9-6-11-24(19,2)33-25)21(29)27(20(25)22(26)30)15-7-5-8-16-28/h6,10-12,18-20,28H,3-5,7-9,13-17H2,1-2H3/t18-,19+,20?,24-,25-/m0/s1. The molecule has 0 bridgehead atoms. The number of amides is 2. The molecule has 0 aromatic rings. The summed E-state index contributed by atoms with van der Waals surface area (Å²) in [6.45, 7) is 6.18. The Hall–Kier alpha value is -1.80. The third kappa shape index (κ3) is 4.14. The lowest BCUT2D eigenvalue weighted by Gasteiger charge is -2.37. The zero-order valence-corrected chi connectivity index (χ0v) is 20.5. The molecule has 5 atom stereocenters. The molecule has 33 heavy (non-hydrogen) atoms. The first-order chi connectivity index (χ1) is 15.9. The van der Waals surface area contributed by atoms with E-state index < -0.39 is 27.4 Å². The second kappa shape index (κ2) is 9.82. The number of carbonyl (C=O) groups is 3. The van der Waals surface area contributed by atoms with Crippen molar-refractivity contribution in [2.24, 2.45) is 11.8 Å². The van der Waals surface area contributed by atoms with E-state index in [9.17, 15) is 14.4 Å². The van der Waals surface area contributed by atoms with E-state index in [4.69, 9.17) is 9.84 Å². The van der Waals surface area contributed by atoms with Gasteiger partial charge in [0, 0.05) is 31.0 Å². The number of esters is 1. The topological polar surface area (TPSA) is 87.2 Å². The van der Waals surface area contributed by atoms with Gasteiger partial charge >= 0.3 is 5.97 Å². The van der Waals surface area contributed by atoms with Crippen molar-refractivity contribution in [1.82, 2.24) is 9.80 Å². The summed E-state index contributed by atoms with van der Waals surface area (Å²) in [7, 11) is 0. The van der Waals surface area contributed by atoms with Crippen molar-refractivity contribution in [3.8, 4) is 0 Å². The molecule has 4 aliphatic rings. The monoisotopic (exact) mass is 476 g/mol. The summed E-state index contributed by atoms with van der Waals surface area (Å²) in [5.74, 6) is -1.73. The highest BCUT2D eigenvalue weighted by molar-refractivity contribution is 8.02. The van der Waals surface area contributed by atoms with Gasteiger partial charge in [-0.3, -0.25) is 14.4 Å². The van der Waals surface area contributed by atoms with E-state index in [1.165, 1.54) is 0 Å². The van der Waals surface area contributed by atoms with Crippen molar-refractivity contribution in [3.63, 3.8) is 0 Å². The molecule has 4 rings (SSSR count). The lowest BCUT2D eigenvalue weighted by Crippen LogP contribution is -2.53. The quantitative estimate of drug-likeness (QED) is 0.329. The van der Waals surface area contributed by atoms with Crippen LogP contribution in [0.5, 0.6) is 0 Å². The van der Waals surface area contributed by atoms with Crippen molar-refractivity contribution in [2.45, 2.75) is 67.9 Å². The van der Waals surface area contributed by atoms with E-state index in [1.807, 2.05) is 24.0 Å². The maximum Gasteiger partial charge on any atom is 0.311 e. The number of aliphatic hydroxyl groups excluding tert-OH is 1. The summed E-state index contributed by atoms with van der Waals surface area (Å²) in [6.07, 6.45) is 12.9. The predicted molar refractivity (Wildman–Crippen MR) is 127 cm³/mol. The fourth-order valence-electron chi connectivity index (χ4n) is 5.90. The summed E-state index contributed by atoms with van der Waals surface area (Å²) in [5, 5.41) is 9.15. The highest BCUT2D eigenvalue weighted by Gasteiger charge is 2.73. The van der Waals surface area contributed by atoms with Gasteiger partial charge in [-0.05, 0) is 39.0 Å². The van der Waals surface area contributed by atoms with Crippen molar-refractivity contribution in [2.75, 3.05) is 32.8 Å². The average molecular weight is 477 g/mol. The van der Waals surface area contributed by atoms with Crippen LogP contribution in [-0.2, 0) is 19.1 Å². The van der Waals surface area contributed by atoms with Gasteiger partial charge in [-0.2, -0.15) is 0 Å². The maximum absolute atomic E-state index is 14.0. The van der Waals surface area contributed by atoms with Gasteiger partial charge in [0.1, 0.15) is 6.04 Å². The minimum atomic E-state index is -0.792. The van der Waals surface area contributed by atoms with Crippen molar-refractivity contribution < 1.29 is 24.2 Å². The smallest absolute Gasteiger partial charge is 0.311 e. The number of cyclic esters (lactones) is 1. The van der Waals surface area contributed by atoms with Crippen LogP contribution >= 0.6 is 11.8 Å². The molecule has 2 fully saturated rings. The van der Waals surface area contributed by atoms with E-state index in [0.29, 0.717) is 45.5 Å². The van der Waals surface area contributed by atoms with E-state index in [0.717, 1.165) is 19.3 Å². The van der Waals surface area contributed by atoms with Gasteiger partial charge in [0.05, 0.1) is 23.2 Å². The average Bonchev–Trinajstić information content (AvgIpc) is 3.10. The van der Waals surface area contributed by atoms with Crippen molar-refractivity contribution in [1.29, 1.82) is 0 Å². The Morgan fingerprint density at radius 1 is 1.06 bits per heavy atom. The zero-order chi connectivity index (χ0) is 23.6. The number of unbranched alkanes of at least 4 members (excludes halogenated alkanes) is 3. The second-order valence-corrected chi connectivity index (χ2v) is 11.5. The van der Waals surface area contributed by atoms with E-state index >= 15 is 0 Å². The highest BCUT2D eigenvalue weighted by atomic mass is 32.2. The second-order valence-electron chi connectivity index (χ2n) is 9.71. The fraction of sp³-hybridized carbons (Fsp3) is 0.720. The van der Waals surface area contributed by atoms with Gasteiger partial charge in [-0.15, -0.1) is 11.8 Å². The number of nitrogens with zero attached hydrogens (tertiary/aromatic N) is 2. The summed E-state index contributed by atoms with van der Waals surface area (Å²) in [5.41, 5.74) is 0. The molecule has 0 saturated carbocycles. The number of carbonyl (C=O) groups excluding carboxylic acids is 3. The first kappa shape index (κ1) is 24.3. The van der Waals surface area contributed by atoms with Crippen LogP contribution in [0.1, 0.15) is 52.4 Å². The van der Waals surface area contributed by atoms with Gasteiger partial charge in [0.15, 0.2) is 0 Å². The number of hydrogen-bond acceptors (Lipinski definition) is 6. The molecule has 0 aromatic heterocycles. The van der Waals surface area contributed by atoms with Crippen LogP contribution in [-0.4, -0.2) is 81.1 Å². The van der Waals surface area contributed by atoms with Crippen LogP contribution in [0.4, 0.5) is 0 Å². The largest absolute Gasteiger partial charge is 0.465 e.